The molecule has 0 saturated carbocycles. The van der Waals surface area contributed by atoms with Crippen molar-refractivity contribution < 1.29 is 0 Å². The third kappa shape index (κ3) is 12.7. The first-order valence-corrected chi connectivity index (χ1v) is 45.2. The van der Waals surface area contributed by atoms with E-state index >= 15 is 0 Å². The summed E-state index contributed by atoms with van der Waals surface area (Å²) in [6.45, 7) is 21.2. The van der Waals surface area contributed by atoms with Gasteiger partial charge in [0.15, 0.2) is 0 Å². The van der Waals surface area contributed by atoms with Crippen LogP contribution in [0.5, 0.6) is 0 Å². The Morgan fingerprint density at radius 2 is 0.598 bits per heavy atom. The molecular weight excluding hydrogens is 1610 g/mol. The van der Waals surface area contributed by atoms with Crippen LogP contribution in [0.15, 0.2) is 423 Å². The molecule has 0 bridgehead atoms. The van der Waals surface area contributed by atoms with E-state index < -0.39 is 31.2 Å². The van der Waals surface area contributed by atoms with Crippen LogP contribution in [-0.2, 0) is 32.5 Å². The molecule has 17 aromatic rings. The van der Waals surface area contributed by atoms with Crippen molar-refractivity contribution in [1.82, 2.24) is 0 Å². The molecule has 0 radical (unpaired) electrons. The molecule has 0 spiro atoms. The average molecular weight is 1700 g/mol. The molecule has 5 heteroatoms. The molecule has 0 aromatic heterocycles. The summed E-state index contributed by atoms with van der Waals surface area (Å²) in [7, 11) is 0. The number of benzene rings is 17. The van der Waals surface area contributed by atoms with Crippen LogP contribution in [0, 0.1) is 0 Å². The van der Waals surface area contributed by atoms with Crippen LogP contribution < -0.4 is 23.6 Å². The number of anilines is 9. The first kappa shape index (κ1) is 77.7. The van der Waals surface area contributed by atoms with Gasteiger partial charge < -0.3 is 0 Å². The zero-order chi connectivity index (χ0) is 83.3. The zero-order valence-corrected chi connectivity index (χ0v) is 73.8. The number of nitrogens with zero attached hydrogens (tertiary/aromatic N) is 3. The summed E-state index contributed by atoms with van der Waals surface area (Å²) in [6, 6.07) is 159. The van der Waals surface area contributed by atoms with Crippen molar-refractivity contribution in [3.05, 3.63) is 507 Å². The standard InChI is InChI=1S/C117H96BrN3Se/c1-112(2,3)87-56-38-42-79(72-87)94-74-89(114(7,8)9)75-95(80-43-39-57-88(73-80)113(4,5)6)111(94)121(91-59-40-58-90(76-91)119-102-67-34-30-62-97(102)116(83-48-20-12-21-49-83,84-50-22-13-23-51-84)98-63-31-35-68-103(98)119)106-77-92(120-104-69-36-32-64-99(104)117(85-52-24-14-25-53-85,86-54-26-15-27-55-86)100-65-33-37-70-105(100)120)78-108(110(106)118)122-107-71-41-66-101-109(107)93-60-28-29-61-96(93)115(101,81-44-16-10-17-45-81)82-46-18-11-19-47-82/h10-78H,1-9H3. The quantitative estimate of drug-likeness (QED) is 0.0947. The van der Waals surface area contributed by atoms with Crippen LogP contribution in [0.25, 0.3) is 33.4 Å². The fourth-order valence-corrected chi connectivity index (χ4v) is 23.3. The number of rotatable bonds is 15. The van der Waals surface area contributed by atoms with E-state index in [0.29, 0.717) is 0 Å². The van der Waals surface area contributed by atoms with Crippen molar-refractivity contribution in [2.45, 2.75) is 94.8 Å². The predicted molar refractivity (Wildman–Crippen MR) is 518 cm³/mol. The van der Waals surface area contributed by atoms with Crippen molar-refractivity contribution in [1.29, 1.82) is 0 Å². The Morgan fingerprint density at radius 1 is 0.262 bits per heavy atom. The van der Waals surface area contributed by atoms with Crippen molar-refractivity contribution >= 4 is 91.0 Å². The fraction of sp³-hybridized carbons (Fsp3) is 0.128. The van der Waals surface area contributed by atoms with E-state index in [9.17, 15) is 0 Å². The van der Waals surface area contributed by atoms with Gasteiger partial charge >= 0.3 is 680 Å². The normalized spacial score (nSPS) is 14.0. The third-order valence-electron chi connectivity index (χ3n) is 25.8. The molecule has 3 aliphatic rings. The van der Waals surface area contributed by atoms with Crippen molar-refractivity contribution in [3.63, 3.8) is 0 Å². The molecule has 17 aromatic carbocycles. The zero-order valence-electron chi connectivity index (χ0n) is 70.5. The average Bonchev–Trinajstić information content (AvgIpc) is 1.19. The topological polar surface area (TPSA) is 9.72 Å². The molecular formula is C117H96BrN3Se. The van der Waals surface area contributed by atoms with E-state index in [1.165, 1.54) is 104 Å². The molecule has 20 rings (SSSR count). The summed E-state index contributed by atoms with van der Waals surface area (Å²) >= 11 is 4.45. The molecule has 2 aliphatic heterocycles. The Morgan fingerprint density at radius 3 is 1.00 bits per heavy atom. The number of hydrogen-bond donors (Lipinski definition) is 0. The molecule has 592 valence electrons. The fourth-order valence-electron chi connectivity index (χ4n) is 20.2. The van der Waals surface area contributed by atoms with Crippen LogP contribution >= 0.6 is 15.9 Å². The van der Waals surface area contributed by atoms with Crippen LogP contribution in [-0.4, -0.2) is 15.0 Å². The number of hydrogen-bond acceptors (Lipinski definition) is 3. The predicted octanol–water partition coefficient (Wildman–Crippen LogP) is 29.5. The Balaban J connectivity index is 0.927. The van der Waals surface area contributed by atoms with Gasteiger partial charge in [0.25, 0.3) is 0 Å². The molecule has 0 amide bonds. The van der Waals surface area contributed by atoms with E-state index in [1.54, 1.807) is 0 Å². The summed E-state index contributed by atoms with van der Waals surface area (Å²) in [5.74, 6) is 0. The number of halogens is 1. The SMILES string of the molecule is CC(C)(C)c1cccc(-c2cc(C(C)(C)C)cc(-c3cccc(C(C)(C)C)c3)c2N(c2cccc(N3c4ccccc4C(c4ccccc4)(c4ccccc4)c4ccccc43)c2)c2cc(N3c4ccccc4C(c4ccccc4)(c4ccccc4)c4ccccc43)cc([Se]c3cccc4c3-c3ccccc3C4(c3ccccc3)c3ccccc3)c2Br)c1. The Bertz CT molecular complexity index is 6520. The van der Waals surface area contributed by atoms with Crippen molar-refractivity contribution in [2.24, 2.45) is 0 Å². The Hall–Kier alpha value is -12.9. The molecule has 0 N–H and O–H groups in total. The maximum atomic E-state index is 4.87. The second-order valence-electron chi connectivity index (χ2n) is 36.0. The first-order chi connectivity index (χ1) is 59.4. The number of para-hydroxylation sites is 4. The number of fused-ring (bicyclic) bond motifs is 7. The van der Waals surface area contributed by atoms with Gasteiger partial charge in [0, 0.05) is 0 Å². The van der Waals surface area contributed by atoms with E-state index in [4.69, 9.17) is 15.9 Å². The summed E-state index contributed by atoms with van der Waals surface area (Å²) in [5.41, 5.74) is 32.3. The van der Waals surface area contributed by atoms with Gasteiger partial charge in [-0.05, 0) is 0 Å². The monoisotopic (exact) mass is 1700 g/mol. The first-order valence-electron chi connectivity index (χ1n) is 42.7. The minimum atomic E-state index is -0.721. The second-order valence-corrected chi connectivity index (χ2v) is 39.0. The van der Waals surface area contributed by atoms with E-state index in [0.717, 1.165) is 77.9 Å². The molecule has 1 aliphatic carbocycles. The van der Waals surface area contributed by atoms with Crippen LogP contribution in [0.4, 0.5) is 51.2 Å². The summed E-state index contributed by atoms with van der Waals surface area (Å²) in [4.78, 5) is 7.84. The Kier molecular flexibility index (Phi) is 19.5. The van der Waals surface area contributed by atoms with E-state index in [1.807, 2.05) is 0 Å². The van der Waals surface area contributed by atoms with Gasteiger partial charge in [-0.2, -0.15) is 0 Å². The van der Waals surface area contributed by atoms with Gasteiger partial charge in [-0.1, -0.05) is 60.7 Å². The molecule has 0 unspecified atom stereocenters. The summed E-state index contributed by atoms with van der Waals surface area (Å²) in [6.07, 6.45) is 0. The minimum absolute atomic E-state index is 0.177. The van der Waals surface area contributed by atoms with Gasteiger partial charge in [-0.25, -0.2) is 0 Å². The Labute approximate surface area is 734 Å². The van der Waals surface area contributed by atoms with Crippen LogP contribution in [0.3, 0.4) is 0 Å². The van der Waals surface area contributed by atoms with Gasteiger partial charge in [0.1, 0.15) is 0 Å². The van der Waals surface area contributed by atoms with Crippen molar-refractivity contribution in [2.75, 3.05) is 14.7 Å². The van der Waals surface area contributed by atoms with Crippen LogP contribution in [0.2, 0.25) is 0 Å². The maximum absolute atomic E-state index is 4.87. The molecule has 2 heterocycles. The van der Waals surface area contributed by atoms with Gasteiger partial charge in [0.2, 0.25) is 0 Å². The molecule has 122 heavy (non-hydrogen) atoms. The molecule has 0 saturated heterocycles. The summed E-state index contributed by atoms with van der Waals surface area (Å²) in [5, 5.41) is 0. The van der Waals surface area contributed by atoms with E-state index in [2.05, 4.69) is 496 Å². The van der Waals surface area contributed by atoms with E-state index in [-0.39, 0.29) is 16.2 Å². The van der Waals surface area contributed by atoms with Crippen LogP contribution in [0.1, 0.15) is 146 Å². The van der Waals surface area contributed by atoms with Crippen molar-refractivity contribution in [3.8, 4) is 33.4 Å². The van der Waals surface area contributed by atoms with Gasteiger partial charge in [-0.3, -0.25) is 0 Å². The molecule has 0 fully saturated rings. The van der Waals surface area contributed by atoms with Gasteiger partial charge in [0.05, 0.1) is 0 Å². The van der Waals surface area contributed by atoms with Gasteiger partial charge in [-0.15, -0.1) is 0 Å². The second kappa shape index (κ2) is 30.7. The third-order valence-corrected chi connectivity index (χ3v) is 29.6. The molecule has 0 atom stereocenters. The summed E-state index contributed by atoms with van der Waals surface area (Å²) < 4.78 is 3.48. The molecule has 3 nitrogen and oxygen atoms in total.